The molecule has 0 radical (unpaired) electrons. The van der Waals surface area contributed by atoms with Gasteiger partial charge in [-0.2, -0.15) is 5.26 Å². The summed E-state index contributed by atoms with van der Waals surface area (Å²) in [5.41, 5.74) is -0.0780. The number of phenols is 1. The fraction of sp³-hybridized carbons (Fsp3) is 0.0833. The molecule has 1 aromatic heterocycles. The van der Waals surface area contributed by atoms with Crippen LogP contribution in [0.4, 0.5) is 14.5 Å². The Morgan fingerprint density at radius 1 is 1.18 bits per heavy atom. The molecule has 2 N–H and O–H groups in total. The average Bonchev–Trinajstić information content (AvgIpc) is 2.80. The Bertz CT molecular complexity index is 1510. The molecule has 0 saturated heterocycles. The second-order valence-electron chi connectivity index (χ2n) is 7.31. The van der Waals surface area contributed by atoms with Crippen molar-refractivity contribution in [2.45, 2.75) is 13.0 Å². The Labute approximate surface area is 186 Å². The van der Waals surface area contributed by atoms with Gasteiger partial charge in [-0.05, 0) is 48.9 Å². The standard InChI is InChI=1S/C24H16F2N4O3/c1-13(14-4-2-5-17(25)9-14)30-12-28-19-6-3-7-20(21(19)24(30)33)29-23(32)15-8-16(11-27)22(31)18(26)10-15/h2-10,12-13,31H,1H3,(H,29,32). The molecule has 33 heavy (non-hydrogen) atoms. The van der Waals surface area contributed by atoms with E-state index in [1.165, 1.54) is 29.1 Å². The molecule has 1 amide bonds. The van der Waals surface area contributed by atoms with Crippen molar-refractivity contribution in [1.82, 2.24) is 9.55 Å². The normalized spacial score (nSPS) is 11.7. The lowest BCUT2D eigenvalue weighted by Crippen LogP contribution is -2.25. The molecule has 4 rings (SSSR count). The predicted octanol–water partition coefficient (Wildman–Crippen LogP) is 4.11. The van der Waals surface area contributed by atoms with Crippen molar-refractivity contribution in [3.05, 3.63) is 99.6 Å². The number of rotatable bonds is 4. The molecule has 1 unspecified atom stereocenters. The average molecular weight is 446 g/mol. The number of aromatic nitrogens is 2. The first kappa shape index (κ1) is 21.6. The van der Waals surface area contributed by atoms with Gasteiger partial charge in [0.15, 0.2) is 11.6 Å². The van der Waals surface area contributed by atoms with Gasteiger partial charge in [0.2, 0.25) is 0 Å². The zero-order valence-electron chi connectivity index (χ0n) is 17.2. The topological polar surface area (TPSA) is 108 Å². The van der Waals surface area contributed by atoms with E-state index in [0.717, 1.165) is 12.1 Å². The highest BCUT2D eigenvalue weighted by Crippen LogP contribution is 2.25. The lowest BCUT2D eigenvalue weighted by Gasteiger charge is -2.17. The molecule has 7 nitrogen and oxygen atoms in total. The van der Waals surface area contributed by atoms with Gasteiger partial charge < -0.3 is 10.4 Å². The molecular weight excluding hydrogens is 430 g/mol. The van der Waals surface area contributed by atoms with Gasteiger partial charge in [-0.15, -0.1) is 0 Å². The van der Waals surface area contributed by atoms with Gasteiger partial charge in [0.05, 0.1) is 34.5 Å². The monoisotopic (exact) mass is 446 g/mol. The molecular formula is C24H16F2N4O3. The number of carbonyl (C=O) groups excluding carboxylic acids is 1. The van der Waals surface area contributed by atoms with Gasteiger partial charge >= 0.3 is 0 Å². The summed E-state index contributed by atoms with van der Waals surface area (Å²) in [6.45, 7) is 1.72. The molecule has 0 spiro atoms. The van der Waals surface area contributed by atoms with Gasteiger partial charge in [-0.25, -0.2) is 13.8 Å². The van der Waals surface area contributed by atoms with Crippen LogP contribution in [0.15, 0.2) is 65.7 Å². The maximum Gasteiger partial charge on any atom is 0.263 e. The first-order chi connectivity index (χ1) is 15.8. The van der Waals surface area contributed by atoms with Crippen LogP contribution in [0.3, 0.4) is 0 Å². The van der Waals surface area contributed by atoms with Gasteiger partial charge in [-0.1, -0.05) is 18.2 Å². The second kappa shape index (κ2) is 8.51. The Balaban J connectivity index is 1.77. The van der Waals surface area contributed by atoms with Crippen LogP contribution < -0.4 is 10.9 Å². The number of fused-ring (bicyclic) bond motifs is 1. The number of carbonyl (C=O) groups is 1. The number of hydrogen-bond acceptors (Lipinski definition) is 5. The summed E-state index contributed by atoms with van der Waals surface area (Å²) in [7, 11) is 0. The minimum Gasteiger partial charge on any atom is -0.504 e. The van der Waals surface area contributed by atoms with Crippen molar-refractivity contribution in [3.63, 3.8) is 0 Å². The SMILES string of the molecule is CC(c1cccc(F)c1)n1cnc2cccc(NC(=O)c3cc(F)c(O)c(C#N)c3)c2c1=O. The van der Waals surface area contributed by atoms with Crippen molar-refractivity contribution < 1.29 is 18.7 Å². The molecule has 0 aliphatic heterocycles. The van der Waals surface area contributed by atoms with E-state index in [4.69, 9.17) is 5.26 Å². The number of phenolic OH excluding ortho intramolecular Hbond substituents is 1. The number of nitriles is 1. The highest BCUT2D eigenvalue weighted by atomic mass is 19.1. The number of nitrogens with zero attached hydrogens (tertiary/aromatic N) is 3. The first-order valence-corrected chi connectivity index (χ1v) is 9.79. The molecule has 1 heterocycles. The maximum absolute atomic E-state index is 13.9. The third kappa shape index (κ3) is 4.02. The number of aromatic hydroxyl groups is 1. The number of benzene rings is 3. The van der Waals surface area contributed by atoms with Crippen LogP contribution in [0.1, 0.15) is 34.5 Å². The molecule has 4 aromatic rings. The molecule has 0 saturated carbocycles. The van der Waals surface area contributed by atoms with Crippen LogP contribution in [0, 0.1) is 23.0 Å². The summed E-state index contributed by atoms with van der Waals surface area (Å²) in [5.74, 6) is -3.19. The highest BCUT2D eigenvalue weighted by Gasteiger charge is 2.18. The zero-order valence-corrected chi connectivity index (χ0v) is 17.2. The maximum atomic E-state index is 13.9. The predicted molar refractivity (Wildman–Crippen MR) is 117 cm³/mol. The number of halogens is 2. The van der Waals surface area contributed by atoms with Gasteiger partial charge in [0.1, 0.15) is 11.9 Å². The molecule has 0 bridgehead atoms. The van der Waals surface area contributed by atoms with Gasteiger partial charge in [-0.3, -0.25) is 14.2 Å². The quantitative estimate of drug-likeness (QED) is 0.490. The minimum absolute atomic E-state index is 0.108. The third-order valence-electron chi connectivity index (χ3n) is 5.25. The van der Waals surface area contributed by atoms with E-state index in [-0.39, 0.29) is 16.6 Å². The second-order valence-corrected chi connectivity index (χ2v) is 7.31. The number of nitrogens with one attached hydrogen (secondary N) is 1. The van der Waals surface area contributed by atoms with E-state index in [1.54, 1.807) is 37.3 Å². The Kier molecular flexibility index (Phi) is 5.58. The number of anilines is 1. The summed E-state index contributed by atoms with van der Waals surface area (Å²) in [6.07, 6.45) is 1.35. The van der Waals surface area contributed by atoms with Crippen molar-refractivity contribution in [1.29, 1.82) is 5.26 Å². The first-order valence-electron chi connectivity index (χ1n) is 9.79. The van der Waals surface area contributed by atoms with Gasteiger partial charge in [0.25, 0.3) is 11.5 Å². The fourth-order valence-electron chi connectivity index (χ4n) is 3.50. The van der Waals surface area contributed by atoms with Crippen molar-refractivity contribution in [3.8, 4) is 11.8 Å². The molecule has 0 aliphatic rings. The summed E-state index contributed by atoms with van der Waals surface area (Å²) in [5, 5.41) is 21.2. The Morgan fingerprint density at radius 3 is 2.67 bits per heavy atom. The van der Waals surface area contributed by atoms with Crippen LogP contribution in [0.5, 0.6) is 5.75 Å². The molecule has 164 valence electrons. The molecule has 9 heteroatoms. The minimum atomic E-state index is -1.12. The Hall–Kier alpha value is -4.58. The summed E-state index contributed by atoms with van der Waals surface area (Å²) in [4.78, 5) is 30.3. The van der Waals surface area contributed by atoms with Crippen LogP contribution in [-0.4, -0.2) is 20.6 Å². The Morgan fingerprint density at radius 2 is 1.94 bits per heavy atom. The fourth-order valence-corrected chi connectivity index (χ4v) is 3.50. The molecule has 1 atom stereocenters. The summed E-state index contributed by atoms with van der Waals surface area (Å²) < 4.78 is 28.9. The van der Waals surface area contributed by atoms with Crippen LogP contribution >= 0.6 is 0 Å². The van der Waals surface area contributed by atoms with E-state index >= 15 is 0 Å². The number of hydrogen-bond donors (Lipinski definition) is 2. The molecule has 0 aliphatic carbocycles. The van der Waals surface area contributed by atoms with Crippen molar-refractivity contribution >= 4 is 22.5 Å². The van der Waals surface area contributed by atoms with E-state index in [2.05, 4.69) is 10.3 Å². The van der Waals surface area contributed by atoms with E-state index < -0.39 is 40.5 Å². The van der Waals surface area contributed by atoms with E-state index in [9.17, 15) is 23.5 Å². The third-order valence-corrected chi connectivity index (χ3v) is 5.25. The summed E-state index contributed by atoms with van der Waals surface area (Å²) >= 11 is 0. The van der Waals surface area contributed by atoms with Crippen molar-refractivity contribution in [2.24, 2.45) is 0 Å². The molecule has 0 fully saturated rings. The lowest BCUT2D eigenvalue weighted by atomic mass is 10.1. The zero-order chi connectivity index (χ0) is 23.7. The number of amides is 1. The van der Waals surface area contributed by atoms with Crippen LogP contribution in [0.25, 0.3) is 10.9 Å². The largest absolute Gasteiger partial charge is 0.504 e. The summed E-state index contributed by atoms with van der Waals surface area (Å²) in [6, 6.07) is 13.4. The van der Waals surface area contributed by atoms with Crippen LogP contribution in [-0.2, 0) is 0 Å². The molecule has 3 aromatic carbocycles. The smallest absolute Gasteiger partial charge is 0.263 e. The van der Waals surface area contributed by atoms with Gasteiger partial charge in [0, 0.05) is 5.56 Å². The van der Waals surface area contributed by atoms with E-state index in [0.29, 0.717) is 11.1 Å². The highest BCUT2D eigenvalue weighted by molar-refractivity contribution is 6.08. The van der Waals surface area contributed by atoms with Crippen LogP contribution in [0.2, 0.25) is 0 Å². The lowest BCUT2D eigenvalue weighted by molar-refractivity contribution is 0.102. The van der Waals surface area contributed by atoms with Crippen molar-refractivity contribution in [2.75, 3.05) is 5.32 Å². The van der Waals surface area contributed by atoms with E-state index in [1.807, 2.05) is 0 Å².